The quantitative estimate of drug-likeness (QED) is 0.524. The van der Waals surface area contributed by atoms with Crippen LogP contribution in [0.3, 0.4) is 0 Å². The Morgan fingerprint density at radius 1 is 1.00 bits per heavy atom. The number of carbonyl (C=O) groups excluding carboxylic acids is 3. The lowest BCUT2D eigenvalue weighted by Crippen LogP contribution is -2.57. The van der Waals surface area contributed by atoms with Gasteiger partial charge in [0.15, 0.2) is 0 Å². The van der Waals surface area contributed by atoms with Gasteiger partial charge in [0.1, 0.15) is 6.04 Å². The first-order valence-electron chi connectivity index (χ1n) is 14.6. The second-order valence-corrected chi connectivity index (χ2v) is 12.1. The molecule has 2 aromatic carbocycles. The highest BCUT2D eigenvalue weighted by atomic mass is 16.3. The van der Waals surface area contributed by atoms with E-state index >= 15 is 0 Å². The molecule has 2 aromatic rings. The van der Waals surface area contributed by atoms with E-state index in [1.54, 1.807) is 4.90 Å². The summed E-state index contributed by atoms with van der Waals surface area (Å²) < 4.78 is 0. The highest BCUT2D eigenvalue weighted by Crippen LogP contribution is 2.51. The normalized spacial score (nSPS) is 27.0. The first kappa shape index (κ1) is 26.2. The Bertz CT molecular complexity index is 1300. The zero-order valence-corrected chi connectivity index (χ0v) is 23.0. The fourth-order valence-corrected chi connectivity index (χ4v) is 7.27. The minimum Gasteiger partial charge on any atom is -0.384 e. The van der Waals surface area contributed by atoms with Crippen molar-refractivity contribution in [1.82, 2.24) is 15.1 Å². The molecule has 0 radical (unpaired) electrons. The smallest absolute Gasteiger partial charge is 0.255 e. The molecule has 4 aliphatic rings. The molecule has 206 valence electrons. The first-order chi connectivity index (χ1) is 18.8. The molecule has 2 N–H and O–H groups in total. The minimum absolute atomic E-state index is 0.183. The summed E-state index contributed by atoms with van der Waals surface area (Å²) >= 11 is 0. The van der Waals surface area contributed by atoms with E-state index in [2.05, 4.69) is 48.3 Å². The fraction of sp³-hybridized carbons (Fsp3) is 0.531. The van der Waals surface area contributed by atoms with E-state index in [1.165, 1.54) is 24.0 Å². The van der Waals surface area contributed by atoms with Crippen LogP contribution < -0.4 is 5.32 Å². The van der Waals surface area contributed by atoms with Crippen molar-refractivity contribution in [3.8, 4) is 0 Å². The molecule has 3 amide bonds. The van der Waals surface area contributed by atoms with Gasteiger partial charge in [-0.15, -0.1) is 0 Å². The molecule has 1 aliphatic carbocycles. The number of fused-ring (bicyclic) bond motifs is 1. The van der Waals surface area contributed by atoms with Crippen LogP contribution in [0.4, 0.5) is 0 Å². The molecule has 0 bridgehead atoms. The lowest BCUT2D eigenvalue weighted by atomic mass is 9.61. The molecule has 7 heteroatoms. The molecule has 0 spiro atoms. The Morgan fingerprint density at radius 3 is 2.41 bits per heavy atom. The van der Waals surface area contributed by atoms with E-state index in [1.807, 2.05) is 18.2 Å². The van der Waals surface area contributed by atoms with Crippen LogP contribution >= 0.6 is 0 Å². The molecule has 3 fully saturated rings. The number of carbonyl (C=O) groups is 3. The minimum atomic E-state index is -1.01. The molecule has 2 unspecified atom stereocenters. The summed E-state index contributed by atoms with van der Waals surface area (Å²) in [6.07, 6.45) is 5.51. The average molecular weight is 530 g/mol. The Hall–Kier alpha value is -3.03. The van der Waals surface area contributed by atoms with Crippen LogP contribution in [0, 0.1) is 5.41 Å². The highest BCUT2D eigenvalue weighted by Gasteiger charge is 2.53. The SMILES string of the molecule is CCC1(CC)CN(Cc2ccc(C3CC3)cc2)CCC1(O)c1ccc2c(c1)CN(C1CCC(=O)NC1=O)C2=O. The molecule has 0 aromatic heterocycles. The zero-order valence-electron chi connectivity index (χ0n) is 23.0. The van der Waals surface area contributed by atoms with Crippen molar-refractivity contribution in [3.63, 3.8) is 0 Å². The number of rotatable bonds is 7. The summed E-state index contributed by atoms with van der Waals surface area (Å²) in [6.45, 7) is 7.13. The Kier molecular flexibility index (Phi) is 6.63. The number of hydrogen-bond donors (Lipinski definition) is 2. The van der Waals surface area contributed by atoms with E-state index in [0.29, 0.717) is 24.9 Å². The van der Waals surface area contributed by atoms with Crippen molar-refractivity contribution >= 4 is 17.7 Å². The number of piperidine rings is 2. The summed E-state index contributed by atoms with van der Waals surface area (Å²) in [4.78, 5) is 41.3. The van der Waals surface area contributed by atoms with Gasteiger partial charge in [-0.3, -0.25) is 24.6 Å². The summed E-state index contributed by atoms with van der Waals surface area (Å²) in [5, 5.41) is 14.8. The second kappa shape index (κ2) is 9.86. The van der Waals surface area contributed by atoms with Crippen molar-refractivity contribution in [2.75, 3.05) is 13.1 Å². The maximum atomic E-state index is 13.2. The average Bonchev–Trinajstić information content (AvgIpc) is 3.74. The monoisotopic (exact) mass is 529 g/mol. The molecule has 6 rings (SSSR count). The van der Waals surface area contributed by atoms with E-state index in [4.69, 9.17) is 0 Å². The molecule has 2 atom stereocenters. The topological polar surface area (TPSA) is 89.9 Å². The van der Waals surface area contributed by atoms with Gasteiger partial charge in [0, 0.05) is 43.6 Å². The number of nitrogens with one attached hydrogen (secondary N) is 1. The van der Waals surface area contributed by atoms with E-state index < -0.39 is 17.6 Å². The molecular weight excluding hydrogens is 490 g/mol. The second-order valence-electron chi connectivity index (χ2n) is 12.1. The fourth-order valence-electron chi connectivity index (χ4n) is 7.27. The van der Waals surface area contributed by atoms with Crippen molar-refractivity contribution in [2.24, 2.45) is 5.41 Å². The van der Waals surface area contributed by atoms with Gasteiger partial charge in [0.05, 0.1) is 5.60 Å². The third kappa shape index (κ3) is 4.49. The number of hydrogen-bond acceptors (Lipinski definition) is 5. The summed E-state index contributed by atoms with van der Waals surface area (Å²) in [5.41, 5.74) is 3.72. The van der Waals surface area contributed by atoms with Crippen LogP contribution in [-0.4, -0.2) is 51.8 Å². The van der Waals surface area contributed by atoms with Gasteiger partial charge in [0.25, 0.3) is 5.91 Å². The van der Waals surface area contributed by atoms with Crippen LogP contribution in [0.1, 0.15) is 97.3 Å². The predicted molar refractivity (Wildman–Crippen MR) is 148 cm³/mol. The molecule has 3 heterocycles. The predicted octanol–water partition coefficient (Wildman–Crippen LogP) is 4.22. The number of amides is 3. The first-order valence-corrected chi connectivity index (χ1v) is 14.6. The number of benzene rings is 2. The highest BCUT2D eigenvalue weighted by molar-refractivity contribution is 6.05. The number of aliphatic hydroxyl groups is 1. The van der Waals surface area contributed by atoms with E-state index in [9.17, 15) is 19.5 Å². The van der Waals surface area contributed by atoms with Crippen LogP contribution in [0.15, 0.2) is 42.5 Å². The van der Waals surface area contributed by atoms with Crippen molar-refractivity contribution < 1.29 is 19.5 Å². The van der Waals surface area contributed by atoms with Gasteiger partial charge in [0.2, 0.25) is 11.8 Å². The number of nitrogens with zero attached hydrogens (tertiary/aromatic N) is 2. The molecule has 1 saturated carbocycles. The Balaban J connectivity index is 1.22. The maximum absolute atomic E-state index is 13.2. The lowest BCUT2D eigenvalue weighted by molar-refractivity contribution is -0.148. The standard InChI is InChI=1S/C32H39N3O4/c1-3-31(4-2)20-34(18-21-5-7-22(8-6-21)23-9-10-23)16-15-32(31,39)25-11-12-26-24(17-25)19-35(30(26)38)27-13-14-28(36)33-29(27)37/h5-8,11-12,17,23,27,39H,3-4,9-10,13-16,18-20H2,1-2H3,(H,33,36,37). The maximum Gasteiger partial charge on any atom is 0.255 e. The van der Waals surface area contributed by atoms with Gasteiger partial charge in [-0.1, -0.05) is 50.2 Å². The third-order valence-corrected chi connectivity index (χ3v) is 9.98. The molecular formula is C32H39N3O4. The summed E-state index contributed by atoms with van der Waals surface area (Å²) in [7, 11) is 0. The molecule has 7 nitrogen and oxygen atoms in total. The van der Waals surface area contributed by atoms with Gasteiger partial charge in [-0.25, -0.2) is 0 Å². The Morgan fingerprint density at radius 2 is 1.74 bits per heavy atom. The van der Waals surface area contributed by atoms with Crippen LogP contribution in [0.5, 0.6) is 0 Å². The van der Waals surface area contributed by atoms with Gasteiger partial charge < -0.3 is 10.0 Å². The number of imide groups is 1. The van der Waals surface area contributed by atoms with Gasteiger partial charge in [-0.2, -0.15) is 0 Å². The largest absolute Gasteiger partial charge is 0.384 e. The van der Waals surface area contributed by atoms with E-state index in [0.717, 1.165) is 49.5 Å². The molecule has 39 heavy (non-hydrogen) atoms. The van der Waals surface area contributed by atoms with E-state index in [-0.39, 0.29) is 23.7 Å². The summed E-state index contributed by atoms with van der Waals surface area (Å²) in [6, 6.07) is 14.2. The third-order valence-electron chi connectivity index (χ3n) is 9.98. The summed E-state index contributed by atoms with van der Waals surface area (Å²) in [5.74, 6) is -0.118. The lowest BCUT2D eigenvalue weighted by Gasteiger charge is -2.54. The van der Waals surface area contributed by atoms with Crippen LogP contribution in [-0.2, 0) is 28.3 Å². The Labute approximate surface area is 230 Å². The van der Waals surface area contributed by atoms with Crippen LogP contribution in [0.25, 0.3) is 0 Å². The molecule has 2 saturated heterocycles. The number of likely N-dealkylation sites (tertiary alicyclic amines) is 1. The van der Waals surface area contributed by atoms with Gasteiger partial charge in [-0.05, 0) is 72.8 Å². The van der Waals surface area contributed by atoms with Crippen molar-refractivity contribution in [3.05, 3.63) is 70.3 Å². The van der Waals surface area contributed by atoms with Crippen molar-refractivity contribution in [2.45, 2.75) is 89.4 Å². The molecule has 3 aliphatic heterocycles. The van der Waals surface area contributed by atoms with Crippen LogP contribution in [0.2, 0.25) is 0 Å². The van der Waals surface area contributed by atoms with Crippen molar-refractivity contribution in [1.29, 1.82) is 0 Å². The zero-order chi connectivity index (χ0) is 27.4. The van der Waals surface area contributed by atoms with Gasteiger partial charge >= 0.3 is 0 Å².